The number of nitro benzene ring substituents is 2. The number of amides is 1. The summed E-state index contributed by atoms with van der Waals surface area (Å²) >= 11 is 0. The minimum Gasteiger partial charge on any atom is -0.369 e. The van der Waals surface area contributed by atoms with Crippen LogP contribution in [0.2, 0.25) is 0 Å². The fourth-order valence-corrected chi connectivity index (χ4v) is 2.63. The Hall–Kier alpha value is -3.49. The molecule has 0 aliphatic heterocycles. The van der Waals surface area contributed by atoms with Crippen molar-refractivity contribution in [3.63, 3.8) is 0 Å². The smallest absolute Gasteiger partial charge is 0.321 e. The van der Waals surface area contributed by atoms with Crippen molar-refractivity contribution in [2.45, 2.75) is 33.6 Å². The fraction of sp³-hybridized carbons (Fsp3) is 0.350. The molecule has 2 aromatic rings. The molecule has 1 amide bonds. The summed E-state index contributed by atoms with van der Waals surface area (Å²) in [5.74, 6) is -0.257. The van der Waals surface area contributed by atoms with Crippen molar-refractivity contribution in [2.75, 3.05) is 6.54 Å². The predicted octanol–water partition coefficient (Wildman–Crippen LogP) is 4.68. The van der Waals surface area contributed by atoms with Gasteiger partial charge in [0.05, 0.1) is 22.5 Å². The van der Waals surface area contributed by atoms with Gasteiger partial charge in [-0.05, 0) is 43.9 Å². The largest absolute Gasteiger partial charge is 0.369 e. The van der Waals surface area contributed by atoms with Gasteiger partial charge in [0.15, 0.2) is 0 Å². The highest BCUT2D eigenvalue weighted by molar-refractivity contribution is 5.93. The van der Waals surface area contributed by atoms with Gasteiger partial charge in [0.1, 0.15) is 0 Å². The molecule has 154 valence electrons. The molecule has 9 heteroatoms. The molecule has 0 saturated carbocycles. The predicted molar refractivity (Wildman–Crippen MR) is 107 cm³/mol. The molecule has 2 rings (SSSR count). The number of hydrogen-bond donors (Lipinski definition) is 0. The number of hydrogen-bond acceptors (Lipinski definition) is 6. The van der Waals surface area contributed by atoms with Crippen LogP contribution in [0, 0.1) is 33.1 Å². The van der Waals surface area contributed by atoms with Crippen molar-refractivity contribution in [1.29, 1.82) is 0 Å². The molecule has 0 bridgehead atoms. The van der Waals surface area contributed by atoms with Crippen LogP contribution in [0.4, 0.5) is 11.4 Å². The normalized spacial score (nSPS) is 10.6. The molecule has 2 aromatic carbocycles. The molecular formula is C20H23N3O6. The molecule has 0 unspecified atom stereocenters. The summed E-state index contributed by atoms with van der Waals surface area (Å²) in [7, 11) is 0. The van der Waals surface area contributed by atoms with Crippen molar-refractivity contribution in [3.8, 4) is 5.75 Å². The molecule has 29 heavy (non-hydrogen) atoms. The zero-order valence-electron chi connectivity index (χ0n) is 16.5. The van der Waals surface area contributed by atoms with E-state index >= 15 is 0 Å². The summed E-state index contributed by atoms with van der Waals surface area (Å²) in [6.07, 6.45) is 1.47. The highest BCUT2D eigenvalue weighted by Crippen LogP contribution is 2.32. The van der Waals surface area contributed by atoms with Crippen molar-refractivity contribution in [3.05, 3.63) is 73.8 Å². The third kappa shape index (κ3) is 6.00. The Bertz CT molecular complexity index is 896. The number of carbonyl (C=O) groups excluding carboxylic acids is 1. The first-order chi connectivity index (χ1) is 13.7. The van der Waals surface area contributed by atoms with Gasteiger partial charge in [0.25, 0.3) is 11.6 Å². The molecule has 0 radical (unpaired) electrons. The Balaban J connectivity index is 2.33. The standard InChI is InChI=1S/C20H23N3O6/c1-14(2)5-4-12-21(20(24)16-8-6-15(3)7-9-16)29-19-11-10-17(22(25)26)13-18(19)23(27)28/h6-11,13-14H,4-5,12H2,1-3H3. The van der Waals surface area contributed by atoms with Crippen LogP contribution < -0.4 is 4.84 Å². The van der Waals surface area contributed by atoms with E-state index in [0.29, 0.717) is 17.9 Å². The van der Waals surface area contributed by atoms with E-state index in [1.165, 1.54) is 0 Å². The zero-order valence-corrected chi connectivity index (χ0v) is 16.5. The number of rotatable bonds is 9. The summed E-state index contributed by atoms with van der Waals surface area (Å²) in [6, 6.07) is 9.93. The van der Waals surface area contributed by atoms with Gasteiger partial charge in [-0.1, -0.05) is 31.5 Å². The molecule has 9 nitrogen and oxygen atoms in total. The van der Waals surface area contributed by atoms with E-state index in [0.717, 1.165) is 35.2 Å². The first kappa shape index (κ1) is 21.8. The molecule has 0 aliphatic carbocycles. The fourth-order valence-electron chi connectivity index (χ4n) is 2.63. The van der Waals surface area contributed by atoms with E-state index in [2.05, 4.69) is 0 Å². The Morgan fingerprint density at radius 3 is 2.28 bits per heavy atom. The topological polar surface area (TPSA) is 116 Å². The maximum absolute atomic E-state index is 12.9. The lowest BCUT2D eigenvalue weighted by molar-refractivity contribution is -0.395. The Morgan fingerprint density at radius 2 is 1.72 bits per heavy atom. The molecule has 0 N–H and O–H groups in total. The van der Waals surface area contributed by atoms with E-state index in [1.54, 1.807) is 24.3 Å². The van der Waals surface area contributed by atoms with E-state index in [1.807, 2.05) is 20.8 Å². The van der Waals surface area contributed by atoms with Gasteiger partial charge in [0, 0.05) is 11.6 Å². The molecule has 0 aromatic heterocycles. The second-order valence-corrected chi connectivity index (χ2v) is 7.07. The second-order valence-electron chi connectivity index (χ2n) is 7.07. The summed E-state index contributed by atoms with van der Waals surface area (Å²) in [4.78, 5) is 39.3. The van der Waals surface area contributed by atoms with Crippen molar-refractivity contribution in [2.24, 2.45) is 5.92 Å². The maximum Gasteiger partial charge on any atom is 0.321 e. The SMILES string of the molecule is Cc1ccc(C(=O)N(CCCC(C)C)Oc2ccc([N+](=O)[O-])cc2[N+](=O)[O-])cc1. The van der Waals surface area contributed by atoms with Crippen LogP contribution in [0.3, 0.4) is 0 Å². The van der Waals surface area contributed by atoms with Crippen LogP contribution in [-0.4, -0.2) is 27.4 Å². The monoisotopic (exact) mass is 401 g/mol. The first-order valence-electron chi connectivity index (χ1n) is 9.18. The molecule has 0 spiro atoms. The third-order valence-corrected chi connectivity index (χ3v) is 4.23. The van der Waals surface area contributed by atoms with Gasteiger partial charge in [-0.2, -0.15) is 5.06 Å². The average molecular weight is 401 g/mol. The number of non-ortho nitro benzene ring substituents is 1. The zero-order chi connectivity index (χ0) is 21.6. The Kier molecular flexibility index (Phi) is 7.24. The first-order valence-corrected chi connectivity index (χ1v) is 9.18. The lowest BCUT2D eigenvalue weighted by atomic mass is 10.1. The molecule has 0 atom stereocenters. The number of hydroxylamine groups is 2. The quantitative estimate of drug-likeness (QED) is 0.445. The maximum atomic E-state index is 12.9. The minimum atomic E-state index is -0.773. The lowest BCUT2D eigenvalue weighted by Gasteiger charge is -2.23. The highest BCUT2D eigenvalue weighted by Gasteiger charge is 2.25. The molecule has 0 heterocycles. The van der Waals surface area contributed by atoms with Gasteiger partial charge >= 0.3 is 5.69 Å². The van der Waals surface area contributed by atoms with Crippen LogP contribution >= 0.6 is 0 Å². The van der Waals surface area contributed by atoms with Crippen LogP contribution in [0.5, 0.6) is 5.75 Å². The average Bonchev–Trinajstić information content (AvgIpc) is 2.66. The van der Waals surface area contributed by atoms with E-state index in [-0.39, 0.29) is 12.3 Å². The van der Waals surface area contributed by atoms with Crippen molar-refractivity contribution < 1.29 is 19.5 Å². The van der Waals surface area contributed by atoms with Crippen LogP contribution in [0.25, 0.3) is 0 Å². The van der Waals surface area contributed by atoms with Crippen LogP contribution in [0.1, 0.15) is 42.6 Å². The number of carbonyl (C=O) groups is 1. The van der Waals surface area contributed by atoms with Gasteiger partial charge in [-0.25, -0.2) is 0 Å². The van der Waals surface area contributed by atoms with Gasteiger partial charge in [-0.3, -0.25) is 25.0 Å². The second kappa shape index (κ2) is 9.63. The van der Waals surface area contributed by atoms with Crippen molar-refractivity contribution >= 4 is 17.3 Å². The van der Waals surface area contributed by atoms with Gasteiger partial charge < -0.3 is 4.84 Å². The van der Waals surface area contributed by atoms with E-state index in [4.69, 9.17) is 4.84 Å². The highest BCUT2D eigenvalue weighted by atomic mass is 16.7. The van der Waals surface area contributed by atoms with E-state index < -0.39 is 27.1 Å². The van der Waals surface area contributed by atoms with Gasteiger partial charge in [0.2, 0.25) is 5.75 Å². The van der Waals surface area contributed by atoms with Gasteiger partial charge in [-0.15, -0.1) is 0 Å². The summed E-state index contributed by atoms with van der Waals surface area (Å²) < 4.78 is 0. The molecular weight excluding hydrogens is 378 g/mol. The Labute approximate surface area is 168 Å². The summed E-state index contributed by atoms with van der Waals surface area (Å²) in [5.41, 5.74) is 0.356. The third-order valence-electron chi connectivity index (χ3n) is 4.23. The van der Waals surface area contributed by atoms with E-state index in [9.17, 15) is 25.0 Å². The number of nitrogens with zero attached hydrogens (tertiary/aromatic N) is 3. The minimum absolute atomic E-state index is 0.221. The van der Waals surface area contributed by atoms with Crippen LogP contribution in [0.15, 0.2) is 42.5 Å². The number of benzene rings is 2. The number of nitro groups is 2. The number of aryl methyl sites for hydroxylation is 1. The van der Waals surface area contributed by atoms with Crippen LogP contribution in [-0.2, 0) is 0 Å². The summed E-state index contributed by atoms with van der Waals surface area (Å²) in [5, 5.41) is 23.3. The lowest BCUT2D eigenvalue weighted by Crippen LogP contribution is -2.35. The molecule has 0 fully saturated rings. The Morgan fingerprint density at radius 1 is 1.07 bits per heavy atom. The molecule has 0 aliphatic rings. The summed E-state index contributed by atoms with van der Waals surface area (Å²) in [6.45, 7) is 6.22. The molecule has 0 saturated heterocycles. The van der Waals surface area contributed by atoms with Crippen molar-refractivity contribution in [1.82, 2.24) is 5.06 Å².